The highest BCUT2D eigenvalue weighted by Crippen LogP contribution is 2.36. The monoisotopic (exact) mass is 322 g/mol. The van der Waals surface area contributed by atoms with Gasteiger partial charge in [0, 0.05) is 5.56 Å². The van der Waals surface area contributed by atoms with E-state index in [4.69, 9.17) is 4.42 Å². The van der Waals surface area contributed by atoms with Crippen LogP contribution in [0.2, 0.25) is 0 Å². The van der Waals surface area contributed by atoms with Gasteiger partial charge >= 0.3 is 0 Å². The van der Waals surface area contributed by atoms with Crippen LogP contribution < -0.4 is 0 Å². The lowest BCUT2D eigenvalue weighted by molar-refractivity contribution is 0.509. The van der Waals surface area contributed by atoms with E-state index >= 15 is 0 Å². The first-order valence-electron chi connectivity index (χ1n) is 6.18. The molecule has 108 valence electrons. The smallest absolute Gasteiger partial charge is 0.247 e. The van der Waals surface area contributed by atoms with Crippen molar-refractivity contribution in [3.8, 4) is 11.5 Å². The van der Waals surface area contributed by atoms with Gasteiger partial charge < -0.3 is 4.42 Å². The summed E-state index contributed by atoms with van der Waals surface area (Å²) in [7, 11) is 0. The van der Waals surface area contributed by atoms with E-state index in [9.17, 15) is 4.39 Å². The number of aryl methyl sites for hydroxylation is 1. The van der Waals surface area contributed by atoms with Gasteiger partial charge in [0.25, 0.3) is 0 Å². The van der Waals surface area contributed by atoms with Crippen LogP contribution in [0.5, 0.6) is 0 Å². The summed E-state index contributed by atoms with van der Waals surface area (Å²) < 4.78 is 19.4. The summed E-state index contributed by atoms with van der Waals surface area (Å²) in [5.74, 6) is 0.590. The van der Waals surface area contributed by atoms with Crippen LogP contribution in [0.15, 0.2) is 33.0 Å². The number of hydrogen-bond donors (Lipinski definition) is 0. The van der Waals surface area contributed by atoms with Crippen molar-refractivity contribution in [2.24, 2.45) is 0 Å². The van der Waals surface area contributed by atoms with Crippen molar-refractivity contribution in [1.29, 1.82) is 0 Å². The number of nitrogens with zero attached hydrogens (tertiary/aromatic N) is 4. The zero-order valence-electron chi connectivity index (χ0n) is 11.3. The maximum absolute atomic E-state index is 12.9. The van der Waals surface area contributed by atoms with Crippen LogP contribution in [0.25, 0.3) is 11.5 Å². The van der Waals surface area contributed by atoms with Crippen molar-refractivity contribution < 1.29 is 8.81 Å². The molecule has 0 saturated carbocycles. The van der Waals surface area contributed by atoms with Gasteiger partial charge in [-0.05, 0) is 38.1 Å². The highest BCUT2D eigenvalue weighted by Gasteiger charge is 2.18. The van der Waals surface area contributed by atoms with Crippen molar-refractivity contribution in [2.75, 3.05) is 0 Å². The molecule has 3 aromatic rings. The lowest BCUT2D eigenvalue weighted by Crippen LogP contribution is -1.88. The summed E-state index contributed by atoms with van der Waals surface area (Å²) in [5, 5.41) is 17.0. The molecule has 1 atom stereocenters. The molecule has 0 unspecified atom stereocenters. The second-order valence-electron chi connectivity index (χ2n) is 4.30. The van der Waals surface area contributed by atoms with Gasteiger partial charge in [-0.15, -0.1) is 20.4 Å². The first-order valence-corrected chi connectivity index (χ1v) is 7.87. The molecule has 0 radical (unpaired) electrons. The minimum Gasteiger partial charge on any atom is -0.419 e. The van der Waals surface area contributed by atoms with Gasteiger partial charge in [-0.2, -0.15) is 0 Å². The quantitative estimate of drug-likeness (QED) is 0.679. The van der Waals surface area contributed by atoms with Crippen molar-refractivity contribution >= 4 is 23.1 Å². The Morgan fingerprint density at radius 3 is 2.57 bits per heavy atom. The van der Waals surface area contributed by atoms with Crippen LogP contribution in [0.1, 0.15) is 23.1 Å². The van der Waals surface area contributed by atoms with Crippen LogP contribution >= 0.6 is 23.1 Å². The zero-order valence-corrected chi connectivity index (χ0v) is 12.9. The van der Waals surface area contributed by atoms with Gasteiger partial charge in [0.15, 0.2) is 4.34 Å². The Morgan fingerprint density at radius 1 is 1.14 bits per heavy atom. The second-order valence-corrected chi connectivity index (χ2v) is 7.07. The molecule has 0 N–H and O–H groups in total. The summed E-state index contributed by atoms with van der Waals surface area (Å²) >= 11 is 3.04. The third kappa shape index (κ3) is 3.27. The fourth-order valence-electron chi connectivity index (χ4n) is 1.64. The summed E-state index contributed by atoms with van der Waals surface area (Å²) in [6.45, 7) is 3.87. The fraction of sp³-hybridized carbons (Fsp3) is 0.231. The molecular formula is C13H11FN4OS2. The third-order valence-corrected chi connectivity index (χ3v) is 4.68. The van der Waals surface area contributed by atoms with Crippen LogP contribution in [0, 0.1) is 12.7 Å². The molecule has 21 heavy (non-hydrogen) atoms. The predicted octanol–water partition coefficient (Wildman–Crippen LogP) is 3.89. The first-order chi connectivity index (χ1) is 10.1. The maximum atomic E-state index is 12.9. The van der Waals surface area contributed by atoms with E-state index < -0.39 is 0 Å². The average Bonchev–Trinajstić information content (AvgIpc) is 3.09. The number of thioether (sulfide) groups is 1. The molecule has 1 aromatic carbocycles. The van der Waals surface area contributed by atoms with Gasteiger partial charge in [-0.3, -0.25) is 0 Å². The molecule has 0 aliphatic carbocycles. The zero-order chi connectivity index (χ0) is 14.8. The topological polar surface area (TPSA) is 64.7 Å². The molecule has 3 rings (SSSR count). The average molecular weight is 322 g/mol. The van der Waals surface area contributed by atoms with E-state index in [1.165, 1.54) is 35.2 Å². The van der Waals surface area contributed by atoms with Crippen LogP contribution in [0.4, 0.5) is 4.39 Å². The number of rotatable bonds is 4. The second kappa shape index (κ2) is 5.90. The Labute approximate surface area is 128 Å². The van der Waals surface area contributed by atoms with Gasteiger partial charge in [-0.1, -0.05) is 23.1 Å². The lowest BCUT2D eigenvalue weighted by Gasteiger charge is -2.02. The van der Waals surface area contributed by atoms with Crippen molar-refractivity contribution in [2.45, 2.75) is 23.4 Å². The summed E-state index contributed by atoms with van der Waals surface area (Å²) in [5.41, 5.74) is 0.694. The van der Waals surface area contributed by atoms with Crippen molar-refractivity contribution in [3.63, 3.8) is 0 Å². The minimum atomic E-state index is -0.297. The Hall–Kier alpha value is -1.80. The Morgan fingerprint density at radius 2 is 1.90 bits per heavy atom. The SMILES string of the molecule is Cc1nnc(S[C@H](C)c2nnc(-c3ccc(F)cc3)o2)s1. The molecule has 2 heterocycles. The maximum Gasteiger partial charge on any atom is 0.247 e. The number of benzene rings is 1. The number of aromatic nitrogens is 4. The highest BCUT2D eigenvalue weighted by atomic mass is 32.2. The van der Waals surface area contributed by atoms with Crippen LogP contribution in [0.3, 0.4) is 0 Å². The molecule has 5 nitrogen and oxygen atoms in total. The molecular weight excluding hydrogens is 311 g/mol. The fourth-order valence-corrected chi connectivity index (χ4v) is 3.63. The highest BCUT2D eigenvalue weighted by molar-refractivity contribution is 8.01. The molecule has 0 aliphatic rings. The third-order valence-electron chi connectivity index (χ3n) is 2.66. The molecule has 0 amide bonds. The minimum absolute atomic E-state index is 0.0287. The van der Waals surface area contributed by atoms with E-state index in [1.807, 2.05) is 13.8 Å². The number of hydrogen-bond acceptors (Lipinski definition) is 7. The summed E-state index contributed by atoms with van der Waals surface area (Å²) in [6, 6.07) is 5.94. The standard InChI is InChI=1S/C13H11FN4OS2/c1-7(20-13-18-15-8(2)21-13)11-16-17-12(19-11)9-3-5-10(14)6-4-9/h3-7H,1-2H3/t7-/m1/s1. The summed E-state index contributed by atoms with van der Waals surface area (Å²) in [4.78, 5) is 0. The van der Waals surface area contributed by atoms with Crippen LogP contribution in [-0.2, 0) is 0 Å². The molecule has 0 saturated heterocycles. The van der Waals surface area contributed by atoms with E-state index in [0.717, 1.165) is 9.35 Å². The largest absolute Gasteiger partial charge is 0.419 e. The number of halogens is 1. The van der Waals surface area contributed by atoms with E-state index in [0.29, 0.717) is 17.3 Å². The molecule has 2 aromatic heterocycles. The van der Waals surface area contributed by atoms with Crippen molar-refractivity contribution in [1.82, 2.24) is 20.4 Å². The molecule has 0 fully saturated rings. The van der Waals surface area contributed by atoms with E-state index in [-0.39, 0.29) is 11.1 Å². The van der Waals surface area contributed by atoms with Crippen LogP contribution in [-0.4, -0.2) is 20.4 Å². The van der Waals surface area contributed by atoms with E-state index in [1.54, 1.807) is 12.1 Å². The molecule has 0 aliphatic heterocycles. The summed E-state index contributed by atoms with van der Waals surface area (Å²) in [6.07, 6.45) is 0. The van der Waals surface area contributed by atoms with Gasteiger partial charge in [0.2, 0.25) is 11.8 Å². The van der Waals surface area contributed by atoms with Gasteiger partial charge in [0.05, 0.1) is 5.25 Å². The van der Waals surface area contributed by atoms with Gasteiger partial charge in [-0.25, -0.2) is 4.39 Å². The predicted molar refractivity (Wildman–Crippen MR) is 78.6 cm³/mol. The normalized spacial score (nSPS) is 12.5. The first kappa shape index (κ1) is 14.2. The Bertz CT molecular complexity index is 741. The van der Waals surface area contributed by atoms with E-state index in [2.05, 4.69) is 20.4 Å². The Balaban J connectivity index is 1.76. The molecule has 0 bridgehead atoms. The van der Waals surface area contributed by atoms with Crippen molar-refractivity contribution in [3.05, 3.63) is 41.0 Å². The van der Waals surface area contributed by atoms with Gasteiger partial charge in [0.1, 0.15) is 10.8 Å². The lowest BCUT2D eigenvalue weighted by atomic mass is 10.2. The molecule has 8 heteroatoms. The Kier molecular flexibility index (Phi) is 3.98. The molecule has 0 spiro atoms.